The number of hydrogen-bond acceptors (Lipinski definition) is 13. The number of carboxylic acid groups (broad SMARTS) is 1. The van der Waals surface area contributed by atoms with Crippen molar-refractivity contribution in [2.24, 2.45) is 0 Å². The van der Waals surface area contributed by atoms with Gasteiger partial charge >= 0.3 is 18.0 Å². The second kappa shape index (κ2) is 14.1. The Bertz CT molecular complexity index is 1650. The highest BCUT2D eigenvalue weighted by Crippen LogP contribution is 2.34. The van der Waals surface area contributed by atoms with E-state index in [1.165, 1.54) is 53.0 Å². The first-order valence-electron chi connectivity index (χ1n) is 12.5. The van der Waals surface area contributed by atoms with E-state index in [2.05, 4.69) is 24.9 Å². The van der Waals surface area contributed by atoms with Gasteiger partial charge in [-0.1, -0.05) is 24.3 Å². The number of para-hydroxylation sites is 2. The minimum Gasteiger partial charge on any atom is -0.481 e. The Hall–Kier alpha value is -5.92. The number of aromatic nitrogens is 5. The number of aryl methyl sites for hydroxylation is 1. The van der Waals surface area contributed by atoms with Crippen LogP contribution in [-0.4, -0.2) is 64.4 Å². The van der Waals surface area contributed by atoms with Gasteiger partial charge in [-0.3, -0.25) is 0 Å². The quantitative estimate of drug-likeness (QED) is 0.224. The number of rotatable bonds is 10. The summed E-state index contributed by atoms with van der Waals surface area (Å²) in [6, 6.07) is 16.7. The van der Waals surface area contributed by atoms with Crippen LogP contribution in [0.4, 0.5) is 0 Å². The Labute approximate surface area is 245 Å². The molecule has 2 aromatic carbocycles. The summed E-state index contributed by atoms with van der Waals surface area (Å²) in [4.78, 5) is 31.4. The van der Waals surface area contributed by atoms with Crippen LogP contribution in [-0.2, 0) is 0 Å². The average molecular weight is 590 g/mol. The SMILES string of the molecule is COc1cc(OC)nc(Oc2ccccc2-c2ocnc2C)n1.COc1cc(OC)nc(Oc2ccccc2C(=O)O)n1. The minimum absolute atomic E-state index is 0.0119. The van der Waals surface area contributed by atoms with Gasteiger partial charge in [0.15, 0.2) is 12.2 Å². The Balaban J connectivity index is 0.000000199. The second-order valence-corrected chi connectivity index (χ2v) is 8.24. The predicted octanol–water partition coefficient (Wildman–Crippen LogP) is 5.23. The van der Waals surface area contributed by atoms with E-state index in [0.29, 0.717) is 23.3 Å². The molecule has 0 fully saturated rings. The highest BCUT2D eigenvalue weighted by Gasteiger charge is 2.16. The molecule has 0 amide bonds. The molecule has 0 radical (unpaired) electrons. The van der Waals surface area contributed by atoms with Gasteiger partial charge in [0.1, 0.15) is 17.1 Å². The third kappa shape index (κ3) is 7.64. The summed E-state index contributed by atoms with van der Waals surface area (Å²) in [6.07, 6.45) is 1.40. The van der Waals surface area contributed by atoms with Gasteiger partial charge in [0.25, 0.3) is 0 Å². The lowest BCUT2D eigenvalue weighted by Crippen LogP contribution is -2.02. The zero-order chi connectivity index (χ0) is 30.8. The van der Waals surface area contributed by atoms with Crippen molar-refractivity contribution >= 4 is 5.97 Å². The van der Waals surface area contributed by atoms with E-state index in [1.807, 2.05) is 25.1 Å². The topological polar surface area (TPSA) is 170 Å². The number of ether oxygens (including phenoxy) is 6. The number of hydrogen-bond donors (Lipinski definition) is 1. The predicted molar refractivity (Wildman–Crippen MR) is 150 cm³/mol. The maximum Gasteiger partial charge on any atom is 0.339 e. The lowest BCUT2D eigenvalue weighted by molar-refractivity contribution is 0.0694. The first kappa shape index (κ1) is 30.0. The molecule has 0 aliphatic rings. The van der Waals surface area contributed by atoms with Crippen LogP contribution in [0.5, 0.6) is 47.0 Å². The van der Waals surface area contributed by atoms with E-state index in [-0.39, 0.29) is 35.1 Å². The van der Waals surface area contributed by atoms with Crippen LogP contribution in [0.3, 0.4) is 0 Å². The molecule has 0 atom stereocenters. The number of oxazole rings is 1. The Kier molecular flexibility index (Phi) is 9.87. The zero-order valence-corrected chi connectivity index (χ0v) is 23.8. The van der Waals surface area contributed by atoms with Crippen LogP contribution < -0.4 is 28.4 Å². The van der Waals surface area contributed by atoms with Crippen molar-refractivity contribution < 1.29 is 42.7 Å². The Morgan fingerprint density at radius 2 is 1.16 bits per heavy atom. The number of methoxy groups -OCH3 is 4. The highest BCUT2D eigenvalue weighted by molar-refractivity contribution is 5.90. The molecule has 0 spiro atoms. The van der Waals surface area contributed by atoms with Crippen LogP contribution in [0.2, 0.25) is 0 Å². The lowest BCUT2D eigenvalue weighted by atomic mass is 10.1. The molecule has 14 heteroatoms. The van der Waals surface area contributed by atoms with Gasteiger partial charge in [-0.2, -0.15) is 19.9 Å². The average Bonchev–Trinajstić information content (AvgIpc) is 3.46. The van der Waals surface area contributed by atoms with Crippen LogP contribution in [0, 0.1) is 6.92 Å². The summed E-state index contributed by atoms with van der Waals surface area (Å²) in [5.74, 6) is 1.41. The normalized spacial score (nSPS) is 10.2. The van der Waals surface area contributed by atoms with E-state index in [9.17, 15) is 4.79 Å². The number of nitrogens with zero attached hydrogens (tertiary/aromatic N) is 5. The minimum atomic E-state index is -1.10. The fourth-order valence-corrected chi connectivity index (χ4v) is 3.51. The van der Waals surface area contributed by atoms with Gasteiger partial charge in [0.05, 0.1) is 51.8 Å². The zero-order valence-electron chi connectivity index (χ0n) is 23.8. The van der Waals surface area contributed by atoms with Crippen molar-refractivity contribution in [3.8, 4) is 58.4 Å². The first-order valence-corrected chi connectivity index (χ1v) is 12.5. The fraction of sp³-hybridized carbons (Fsp3) is 0.172. The smallest absolute Gasteiger partial charge is 0.339 e. The van der Waals surface area contributed by atoms with Crippen molar-refractivity contribution in [3.05, 3.63) is 78.3 Å². The van der Waals surface area contributed by atoms with E-state index in [0.717, 1.165) is 11.3 Å². The van der Waals surface area contributed by atoms with Gasteiger partial charge in [-0.25, -0.2) is 9.78 Å². The summed E-state index contributed by atoms with van der Waals surface area (Å²) < 4.78 is 36.8. The van der Waals surface area contributed by atoms with Gasteiger partial charge in [-0.15, -0.1) is 0 Å². The van der Waals surface area contributed by atoms with E-state index in [1.54, 1.807) is 24.3 Å². The third-order valence-corrected chi connectivity index (χ3v) is 5.55. The molecule has 0 saturated heterocycles. The molecule has 0 aliphatic carbocycles. The van der Waals surface area contributed by atoms with Crippen molar-refractivity contribution in [1.82, 2.24) is 24.9 Å². The molecule has 5 aromatic rings. The molecule has 43 heavy (non-hydrogen) atoms. The Morgan fingerprint density at radius 3 is 1.63 bits per heavy atom. The van der Waals surface area contributed by atoms with Crippen molar-refractivity contribution in [1.29, 1.82) is 0 Å². The molecule has 14 nitrogen and oxygen atoms in total. The highest BCUT2D eigenvalue weighted by atomic mass is 16.5. The van der Waals surface area contributed by atoms with Crippen LogP contribution in [0.25, 0.3) is 11.3 Å². The van der Waals surface area contributed by atoms with Crippen molar-refractivity contribution in [3.63, 3.8) is 0 Å². The molecule has 3 aromatic heterocycles. The molecule has 3 heterocycles. The molecule has 0 saturated carbocycles. The maximum atomic E-state index is 11.1. The monoisotopic (exact) mass is 589 g/mol. The summed E-state index contributed by atoms with van der Waals surface area (Å²) >= 11 is 0. The number of benzene rings is 2. The molecule has 5 rings (SSSR count). The van der Waals surface area contributed by atoms with E-state index >= 15 is 0 Å². The number of carboxylic acids is 1. The summed E-state index contributed by atoms with van der Waals surface area (Å²) in [5, 5.41) is 9.07. The van der Waals surface area contributed by atoms with Crippen LogP contribution in [0.15, 0.2) is 71.5 Å². The maximum absolute atomic E-state index is 11.1. The van der Waals surface area contributed by atoms with Crippen molar-refractivity contribution in [2.75, 3.05) is 28.4 Å². The fourth-order valence-electron chi connectivity index (χ4n) is 3.51. The molecule has 1 N–H and O–H groups in total. The number of aromatic carboxylic acids is 1. The molecule has 0 bridgehead atoms. The largest absolute Gasteiger partial charge is 0.481 e. The number of carbonyl (C=O) groups is 1. The lowest BCUT2D eigenvalue weighted by Gasteiger charge is -2.10. The summed E-state index contributed by atoms with van der Waals surface area (Å²) in [7, 11) is 5.91. The summed E-state index contributed by atoms with van der Waals surface area (Å²) in [6.45, 7) is 1.86. The molecule has 222 valence electrons. The Morgan fingerprint density at radius 1 is 0.698 bits per heavy atom. The molecule has 0 aliphatic heterocycles. The van der Waals surface area contributed by atoms with Crippen LogP contribution >= 0.6 is 0 Å². The van der Waals surface area contributed by atoms with Crippen LogP contribution in [0.1, 0.15) is 16.1 Å². The molecular weight excluding hydrogens is 562 g/mol. The van der Waals surface area contributed by atoms with Crippen molar-refractivity contribution in [2.45, 2.75) is 6.92 Å². The standard InChI is InChI=1S/C16H15N3O4.C13H12N2O5/c1-10-15(22-9-17-10)11-6-4-5-7-12(11)23-16-18-13(20-2)8-14(19-16)21-3;1-18-10-7-11(19-2)15-13(14-10)20-9-6-4-3-5-8(9)12(16)17/h4-9H,1-3H3;3-7H,1-2H3,(H,16,17). The molecular formula is C29H27N5O9. The first-order chi connectivity index (χ1) is 20.8. The van der Waals surface area contributed by atoms with Gasteiger partial charge in [-0.05, 0) is 31.2 Å². The van der Waals surface area contributed by atoms with Gasteiger partial charge < -0.3 is 37.9 Å². The molecule has 0 unspecified atom stereocenters. The summed E-state index contributed by atoms with van der Waals surface area (Å²) in [5.41, 5.74) is 1.54. The van der Waals surface area contributed by atoms with Gasteiger partial charge in [0.2, 0.25) is 23.5 Å². The second-order valence-electron chi connectivity index (χ2n) is 8.24. The van der Waals surface area contributed by atoms with E-state index < -0.39 is 5.97 Å². The third-order valence-electron chi connectivity index (χ3n) is 5.55. The van der Waals surface area contributed by atoms with Gasteiger partial charge in [0, 0.05) is 0 Å². The van der Waals surface area contributed by atoms with E-state index in [4.69, 9.17) is 37.9 Å².